The molecule has 0 aliphatic heterocycles. The molecule has 1 aliphatic rings. The minimum absolute atomic E-state index is 0.438. The molecule has 4 N–H and O–H groups in total. The highest BCUT2D eigenvalue weighted by Gasteiger charge is 2.11. The molecule has 0 radical (unpaired) electrons. The smallest absolute Gasteiger partial charge is 0.0258 e. The summed E-state index contributed by atoms with van der Waals surface area (Å²) in [7, 11) is 0. The Labute approximate surface area is 130 Å². The lowest BCUT2D eigenvalue weighted by Gasteiger charge is -2.22. The van der Waals surface area contributed by atoms with Crippen LogP contribution in [0.25, 0.3) is 0 Å². The van der Waals surface area contributed by atoms with Crippen molar-refractivity contribution in [3.8, 4) is 12.3 Å². The first-order chi connectivity index (χ1) is 10.4. The third-order valence-corrected chi connectivity index (χ3v) is 3.90. The monoisotopic (exact) mass is 289 g/mol. The number of hydrogen-bond acceptors (Lipinski definition) is 3. The summed E-state index contributed by atoms with van der Waals surface area (Å²) in [6, 6.07) is 0.779. The Hall–Kier alpha value is -1.08. The lowest BCUT2D eigenvalue weighted by Crippen LogP contribution is -2.33. The van der Waals surface area contributed by atoms with Crippen LogP contribution in [0, 0.1) is 12.3 Å². The first kappa shape index (κ1) is 18.0. The lowest BCUT2D eigenvalue weighted by molar-refractivity contribution is 0.371. The largest absolute Gasteiger partial charge is 0.326 e. The van der Waals surface area contributed by atoms with E-state index in [9.17, 15) is 0 Å². The van der Waals surface area contributed by atoms with Gasteiger partial charge in [-0.3, -0.25) is 0 Å². The van der Waals surface area contributed by atoms with E-state index in [2.05, 4.69) is 22.6 Å². The number of nitrogens with one attached hydrogen (secondary N) is 2. The molecule has 1 rings (SSSR count). The molecule has 1 aliphatic carbocycles. The van der Waals surface area contributed by atoms with Crippen LogP contribution in [0.2, 0.25) is 0 Å². The zero-order chi connectivity index (χ0) is 15.2. The number of rotatable bonds is 10. The maximum Gasteiger partial charge on any atom is 0.0258 e. The van der Waals surface area contributed by atoms with Crippen molar-refractivity contribution in [3.05, 3.63) is 23.8 Å². The average Bonchev–Trinajstić information content (AvgIpc) is 2.54. The van der Waals surface area contributed by atoms with Crippen LogP contribution in [-0.4, -0.2) is 32.2 Å². The van der Waals surface area contributed by atoms with E-state index in [1.54, 1.807) is 0 Å². The molecule has 3 heteroatoms. The van der Waals surface area contributed by atoms with Gasteiger partial charge in [0.1, 0.15) is 0 Å². The highest BCUT2D eigenvalue weighted by molar-refractivity contribution is 5.30. The van der Waals surface area contributed by atoms with E-state index < -0.39 is 0 Å². The zero-order valence-corrected chi connectivity index (χ0v) is 13.2. The molecule has 0 heterocycles. The van der Waals surface area contributed by atoms with Crippen molar-refractivity contribution < 1.29 is 0 Å². The summed E-state index contributed by atoms with van der Waals surface area (Å²) in [6.07, 6.45) is 20.5. The van der Waals surface area contributed by atoms with Gasteiger partial charge in [0.2, 0.25) is 0 Å². The van der Waals surface area contributed by atoms with Crippen LogP contribution in [0.4, 0.5) is 0 Å². The molecule has 1 fully saturated rings. The molecule has 0 aromatic heterocycles. The second kappa shape index (κ2) is 12.6. The molecule has 0 spiro atoms. The van der Waals surface area contributed by atoms with E-state index >= 15 is 0 Å². The summed E-state index contributed by atoms with van der Waals surface area (Å²) >= 11 is 0. The normalized spacial score (nSPS) is 17.2. The van der Waals surface area contributed by atoms with Crippen LogP contribution < -0.4 is 16.4 Å². The third-order valence-electron chi connectivity index (χ3n) is 3.90. The van der Waals surface area contributed by atoms with Crippen molar-refractivity contribution in [2.75, 3.05) is 26.2 Å². The Morgan fingerprint density at radius 1 is 1.19 bits per heavy atom. The van der Waals surface area contributed by atoms with E-state index in [0.29, 0.717) is 6.54 Å². The second-order valence-corrected chi connectivity index (χ2v) is 5.65. The van der Waals surface area contributed by atoms with Crippen LogP contribution in [0.3, 0.4) is 0 Å². The SMILES string of the molecule is C#C/C(=C\C=C/CCNCCCNC1CCCCC1)CN. The van der Waals surface area contributed by atoms with Crippen LogP contribution in [0.15, 0.2) is 23.8 Å². The van der Waals surface area contributed by atoms with Gasteiger partial charge in [0, 0.05) is 18.2 Å². The summed E-state index contributed by atoms with van der Waals surface area (Å²) in [4.78, 5) is 0. The fourth-order valence-electron chi connectivity index (χ4n) is 2.59. The third kappa shape index (κ3) is 9.47. The Kier molecular flexibility index (Phi) is 10.8. The van der Waals surface area contributed by atoms with E-state index in [1.165, 1.54) is 38.5 Å². The highest BCUT2D eigenvalue weighted by atomic mass is 14.9. The predicted molar refractivity (Wildman–Crippen MR) is 92.1 cm³/mol. The van der Waals surface area contributed by atoms with Crippen molar-refractivity contribution >= 4 is 0 Å². The molecule has 21 heavy (non-hydrogen) atoms. The van der Waals surface area contributed by atoms with E-state index in [0.717, 1.165) is 37.7 Å². The van der Waals surface area contributed by atoms with Crippen LogP contribution in [-0.2, 0) is 0 Å². The van der Waals surface area contributed by atoms with Crippen molar-refractivity contribution in [1.29, 1.82) is 0 Å². The summed E-state index contributed by atoms with van der Waals surface area (Å²) in [5, 5.41) is 7.13. The molecule has 0 unspecified atom stereocenters. The molecule has 118 valence electrons. The number of nitrogens with two attached hydrogens (primary N) is 1. The molecule has 0 atom stereocenters. The molecule has 1 saturated carbocycles. The van der Waals surface area contributed by atoms with E-state index in [-0.39, 0.29) is 0 Å². The predicted octanol–water partition coefficient (Wildman–Crippen LogP) is 2.35. The van der Waals surface area contributed by atoms with Gasteiger partial charge in [-0.1, -0.05) is 37.3 Å². The summed E-state index contributed by atoms with van der Waals surface area (Å²) in [6.45, 7) is 3.68. The van der Waals surface area contributed by atoms with Gasteiger partial charge in [0.15, 0.2) is 0 Å². The highest BCUT2D eigenvalue weighted by Crippen LogP contribution is 2.16. The molecule has 0 aromatic rings. The quantitative estimate of drug-likeness (QED) is 0.329. The van der Waals surface area contributed by atoms with Gasteiger partial charge >= 0.3 is 0 Å². The molecule has 0 bridgehead atoms. The Morgan fingerprint density at radius 3 is 2.71 bits per heavy atom. The molecule has 0 amide bonds. The van der Waals surface area contributed by atoms with Crippen molar-refractivity contribution in [2.24, 2.45) is 5.73 Å². The first-order valence-corrected chi connectivity index (χ1v) is 8.33. The number of allylic oxidation sites excluding steroid dienone is 2. The maximum absolute atomic E-state index is 5.48. The average molecular weight is 289 g/mol. The second-order valence-electron chi connectivity index (χ2n) is 5.65. The fraction of sp³-hybridized carbons (Fsp3) is 0.667. The minimum atomic E-state index is 0.438. The summed E-state index contributed by atoms with van der Waals surface area (Å²) < 4.78 is 0. The van der Waals surface area contributed by atoms with Crippen molar-refractivity contribution in [1.82, 2.24) is 10.6 Å². The van der Waals surface area contributed by atoms with E-state index in [1.807, 2.05) is 12.2 Å². The Balaban J connectivity index is 1.89. The molecular formula is C18H31N3. The van der Waals surface area contributed by atoms with Crippen LogP contribution in [0.1, 0.15) is 44.9 Å². The minimum Gasteiger partial charge on any atom is -0.326 e. The Morgan fingerprint density at radius 2 is 2.00 bits per heavy atom. The standard InChI is InChI=1S/C18H31N3/c1-2-17(16-19)10-5-4-8-13-20-14-9-15-21-18-11-6-3-7-12-18/h1,4-5,10,18,20-21H,3,6-9,11-16,19H2/b5-4-,17-10+. The van der Waals surface area contributed by atoms with Gasteiger partial charge in [-0.2, -0.15) is 0 Å². The van der Waals surface area contributed by atoms with Gasteiger partial charge in [-0.25, -0.2) is 0 Å². The summed E-state index contributed by atoms with van der Waals surface area (Å²) in [5.74, 6) is 2.57. The van der Waals surface area contributed by atoms with Gasteiger partial charge in [-0.05, 0) is 51.4 Å². The molecule has 0 aromatic carbocycles. The Bertz CT molecular complexity index is 346. The van der Waals surface area contributed by atoms with Gasteiger partial charge in [0.25, 0.3) is 0 Å². The molecule has 0 saturated heterocycles. The van der Waals surface area contributed by atoms with Crippen LogP contribution in [0.5, 0.6) is 0 Å². The zero-order valence-electron chi connectivity index (χ0n) is 13.2. The van der Waals surface area contributed by atoms with Crippen molar-refractivity contribution in [2.45, 2.75) is 51.0 Å². The first-order valence-electron chi connectivity index (χ1n) is 8.33. The number of terminal acetylenes is 1. The van der Waals surface area contributed by atoms with Crippen molar-refractivity contribution in [3.63, 3.8) is 0 Å². The van der Waals surface area contributed by atoms with E-state index in [4.69, 9.17) is 12.2 Å². The lowest BCUT2D eigenvalue weighted by atomic mass is 9.95. The maximum atomic E-state index is 5.48. The molecular weight excluding hydrogens is 258 g/mol. The number of hydrogen-bond donors (Lipinski definition) is 3. The summed E-state index contributed by atoms with van der Waals surface area (Å²) in [5.41, 5.74) is 6.32. The fourth-order valence-corrected chi connectivity index (χ4v) is 2.59. The van der Waals surface area contributed by atoms with Gasteiger partial charge < -0.3 is 16.4 Å². The van der Waals surface area contributed by atoms with Gasteiger partial charge in [0.05, 0.1) is 0 Å². The molecule has 3 nitrogen and oxygen atoms in total. The van der Waals surface area contributed by atoms with Gasteiger partial charge in [-0.15, -0.1) is 6.42 Å². The van der Waals surface area contributed by atoms with Crippen LogP contribution >= 0.6 is 0 Å². The topological polar surface area (TPSA) is 50.1 Å².